The highest BCUT2D eigenvalue weighted by atomic mass is 16.5. The molecule has 0 aromatic carbocycles. The van der Waals surface area contributed by atoms with Gasteiger partial charge in [-0.3, -0.25) is 4.79 Å². The third-order valence-electron chi connectivity index (χ3n) is 4.29. The Morgan fingerprint density at radius 1 is 0.833 bits per heavy atom. The third kappa shape index (κ3) is 19.3. The molecule has 2 heteroatoms. The SMILES string of the molecule is CCCCCC/C=C\COC(=O)CCCCCCCCC(C)(C)C. The van der Waals surface area contributed by atoms with Crippen LogP contribution in [0.2, 0.25) is 0 Å². The molecule has 0 rings (SSSR count). The predicted molar refractivity (Wildman–Crippen MR) is 105 cm³/mol. The lowest BCUT2D eigenvalue weighted by atomic mass is 9.89. The van der Waals surface area contributed by atoms with Crippen molar-refractivity contribution in [3.63, 3.8) is 0 Å². The number of unbranched alkanes of at least 4 members (excludes halogenated alkanes) is 9. The van der Waals surface area contributed by atoms with E-state index in [1.165, 1.54) is 57.8 Å². The minimum Gasteiger partial charge on any atom is -0.461 e. The monoisotopic (exact) mass is 338 g/mol. The van der Waals surface area contributed by atoms with Gasteiger partial charge in [0.1, 0.15) is 6.61 Å². The first-order chi connectivity index (χ1) is 11.5. The predicted octanol–water partition coefficient (Wildman–Crippen LogP) is 7.22. The van der Waals surface area contributed by atoms with Crippen molar-refractivity contribution >= 4 is 5.97 Å². The van der Waals surface area contributed by atoms with Gasteiger partial charge >= 0.3 is 5.97 Å². The summed E-state index contributed by atoms with van der Waals surface area (Å²) in [6.07, 6.45) is 19.6. The Hall–Kier alpha value is -0.790. The average molecular weight is 339 g/mol. The quantitative estimate of drug-likeness (QED) is 0.179. The van der Waals surface area contributed by atoms with Crippen LogP contribution in [0.25, 0.3) is 0 Å². The second-order valence-electron chi connectivity index (χ2n) is 8.19. The van der Waals surface area contributed by atoms with Gasteiger partial charge in [0, 0.05) is 6.42 Å². The van der Waals surface area contributed by atoms with Crippen molar-refractivity contribution in [2.24, 2.45) is 5.41 Å². The van der Waals surface area contributed by atoms with Crippen LogP contribution in [0.15, 0.2) is 12.2 Å². The smallest absolute Gasteiger partial charge is 0.306 e. The van der Waals surface area contributed by atoms with E-state index in [-0.39, 0.29) is 5.97 Å². The molecular formula is C22H42O2. The van der Waals surface area contributed by atoms with Gasteiger partial charge in [-0.25, -0.2) is 0 Å². The second-order valence-corrected chi connectivity index (χ2v) is 8.19. The summed E-state index contributed by atoms with van der Waals surface area (Å²) in [6.45, 7) is 9.59. The standard InChI is InChI=1S/C22H42O2/c1-5-6-7-8-11-14-17-20-24-21(23)18-15-12-9-10-13-16-19-22(2,3)4/h14,17H,5-13,15-16,18-20H2,1-4H3/b17-14-. The third-order valence-corrected chi connectivity index (χ3v) is 4.29. The molecule has 0 saturated carbocycles. The number of allylic oxidation sites excluding steroid dienone is 1. The first kappa shape index (κ1) is 23.2. The van der Waals surface area contributed by atoms with E-state index in [0.717, 1.165) is 19.3 Å². The number of hydrogen-bond donors (Lipinski definition) is 0. The van der Waals surface area contributed by atoms with Crippen LogP contribution >= 0.6 is 0 Å². The Balaban J connectivity index is 3.31. The minimum atomic E-state index is -0.0432. The van der Waals surface area contributed by atoms with Gasteiger partial charge in [-0.1, -0.05) is 91.2 Å². The van der Waals surface area contributed by atoms with E-state index >= 15 is 0 Å². The summed E-state index contributed by atoms with van der Waals surface area (Å²) in [5, 5.41) is 0. The molecule has 0 spiro atoms. The highest BCUT2D eigenvalue weighted by Crippen LogP contribution is 2.22. The summed E-state index contributed by atoms with van der Waals surface area (Å²) in [5.74, 6) is -0.0432. The van der Waals surface area contributed by atoms with Crippen LogP contribution in [0, 0.1) is 5.41 Å². The molecule has 0 heterocycles. The Bertz CT molecular complexity index is 312. The van der Waals surface area contributed by atoms with Crippen LogP contribution in [0.1, 0.15) is 111 Å². The summed E-state index contributed by atoms with van der Waals surface area (Å²) in [4.78, 5) is 11.6. The van der Waals surface area contributed by atoms with E-state index in [4.69, 9.17) is 4.74 Å². The van der Waals surface area contributed by atoms with Gasteiger partial charge in [0.15, 0.2) is 0 Å². The molecule has 0 saturated heterocycles. The molecule has 0 atom stereocenters. The topological polar surface area (TPSA) is 26.3 Å². The summed E-state index contributed by atoms with van der Waals surface area (Å²) in [7, 11) is 0. The highest BCUT2D eigenvalue weighted by Gasteiger charge is 2.08. The van der Waals surface area contributed by atoms with Crippen molar-refractivity contribution in [2.45, 2.75) is 111 Å². The van der Waals surface area contributed by atoms with E-state index in [2.05, 4.69) is 33.8 Å². The number of carbonyl (C=O) groups excluding carboxylic acids is 1. The molecule has 0 aromatic rings. The van der Waals surface area contributed by atoms with Crippen molar-refractivity contribution in [3.05, 3.63) is 12.2 Å². The van der Waals surface area contributed by atoms with E-state index in [9.17, 15) is 4.79 Å². The molecule has 0 amide bonds. The van der Waals surface area contributed by atoms with Crippen LogP contribution < -0.4 is 0 Å². The van der Waals surface area contributed by atoms with Crippen LogP contribution in [-0.4, -0.2) is 12.6 Å². The fourth-order valence-electron chi connectivity index (χ4n) is 2.72. The molecule has 0 aliphatic heterocycles. The van der Waals surface area contributed by atoms with Gasteiger partial charge in [0.2, 0.25) is 0 Å². The van der Waals surface area contributed by atoms with Crippen LogP contribution in [0.4, 0.5) is 0 Å². The number of carbonyl (C=O) groups is 1. The van der Waals surface area contributed by atoms with Crippen molar-refractivity contribution in [1.29, 1.82) is 0 Å². The van der Waals surface area contributed by atoms with Crippen LogP contribution in [-0.2, 0) is 9.53 Å². The number of esters is 1. The van der Waals surface area contributed by atoms with Gasteiger partial charge in [-0.2, -0.15) is 0 Å². The average Bonchev–Trinajstić information content (AvgIpc) is 2.51. The van der Waals surface area contributed by atoms with E-state index in [0.29, 0.717) is 18.4 Å². The molecule has 0 aliphatic rings. The maximum atomic E-state index is 11.6. The molecule has 0 N–H and O–H groups in total. The lowest BCUT2D eigenvalue weighted by molar-refractivity contribution is -0.142. The van der Waals surface area contributed by atoms with Gasteiger partial charge < -0.3 is 4.74 Å². The van der Waals surface area contributed by atoms with Crippen molar-refractivity contribution in [3.8, 4) is 0 Å². The fraction of sp³-hybridized carbons (Fsp3) is 0.864. The molecule has 0 bridgehead atoms. The van der Waals surface area contributed by atoms with Gasteiger partial charge in [0.05, 0.1) is 0 Å². The zero-order chi connectivity index (χ0) is 18.1. The number of rotatable bonds is 15. The number of ether oxygens (including phenoxy) is 1. The van der Waals surface area contributed by atoms with Crippen molar-refractivity contribution in [1.82, 2.24) is 0 Å². The lowest BCUT2D eigenvalue weighted by Crippen LogP contribution is -2.04. The summed E-state index contributed by atoms with van der Waals surface area (Å²) < 4.78 is 5.23. The molecule has 0 unspecified atom stereocenters. The van der Waals surface area contributed by atoms with Gasteiger partial charge in [-0.15, -0.1) is 0 Å². The molecule has 24 heavy (non-hydrogen) atoms. The normalized spacial score (nSPS) is 12.0. The molecule has 142 valence electrons. The maximum absolute atomic E-state index is 11.6. The first-order valence-corrected chi connectivity index (χ1v) is 10.3. The molecule has 0 aliphatic carbocycles. The molecular weight excluding hydrogens is 296 g/mol. The van der Waals surface area contributed by atoms with E-state index in [1.54, 1.807) is 0 Å². The lowest BCUT2D eigenvalue weighted by Gasteiger charge is -2.17. The van der Waals surface area contributed by atoms with Gasteiger partial charge in [0.25, 0.3) is 0 Å². The molecule has 0 radical (unpaired) electrons. The summed E-state index contributed by atoms with van der Waals surface area (Å²) >= 11 is 0. The van der Waals surface area contributed by atoms with Crippen molar-refractivity contribution in [2.75, 3.05) is 6.61 Å². The Morgan fingerprint density at radius 3 is 2.12 bits per heavy atom. The highest BCUT2D eigenvalue weighted by molar-refractivity contribution is 5.69. The summed E-state index contributed by atoms with van der Waals surface area (Å²) in [6, 6.07) is 0. The van der Waals surface area contributed by atoms with Crippen LogP contribution in [0.5, 0.6) is 0 Å². The van der Waals surface area contributed by atoms with E-state index < -0.39 is 0 Å². The maximum Gasteiger partial charge on any atom is 0.306 e. The zero-order valence-electron chi connectivity index (χ0n) is 16.9. The Morgan fingerprint density at radius 2 is 1.46 bits per heavy atom. The summed E-state index contributed by atoms with van der Waals surface area (Å²) in [5.41, 5.74) is 0.466. The van der Waals surface area contributed by atoms with Crippen LogP contribution in [0.3, 0.4) is 0 Å². The minimum absolute atomic E-state index is 0.0432. The van der Waals surface area contributed by atoms with E-state index in [1.807, 2.05) is 6.08 Å². The Kier molecular flexibility index (Phi) is 15.2. The zero-order valence-corrected chi connectivity index (χ0v) is 16.9. The molecule has 0 aromatic heterocycles. The molecule has 0 fully saturated rings. The Labute approximate surface area is 151 Å². The first-order valence-electron chi connectivity index (χ1n) is 10.3. The van der Waals surface area contributed by atoms with Crippen molar-refractivity contribution < 1.29 is 9.53 Å². The van der Waals surface area contributed by atoms with Gasteiger partial charge in [-0.05, 0) is 31.1 Å². The fourth-order valence-corrected chi connectivity index (χ4v) is 2.72. The second kappa shape index (κ2) is 15.7. The number of hydrogen-bond acceptors (Lipinski definition) is 2. The largest absolute Gasteiger partial charge is 0.461 e. The molecule has 2 nitrogen and oxygen atoms in total.